The lowest BCUT2D eigenvalue weighted by Gasteiger charge is -2.28. The number of esters is 2. The van der Waals surface area contributed by atoms with Gasteiger partial charge in [-0.05, 0) is 31.5 Å². The summed E-state index contributed by atoms with van der Waals surface area (Å²) in [7, 11) is 0. The molecule has 10 nitrogen and oxygen atoms in total. The van der Waals surface area contributed by atoms with Crippen molar-refractivity contribution in [1.29, 1.82) is 0 Å². The fourth-order valence-corrected chi connectivity index (χ4v) is 3.22. The Labute approximate surface area is 161 Å². The minimum absolute atomic E-state index is 0.261. The second-order valence-electron chi connectivity index (χ2n) is 6.88. The molecular formula is C18H21N3O7. The van der Waals surface area contributed by atoms with Crippen LogP contribution in [0.1, 0.15) is 31.1 Å². The average Bonchev–Trinajstić information content (AvgIpc) is 3.11. The lowest BCUT2D eigenvalue weighted by atomic mass is 10.0. The van der Waals surface area contributed by atoms with Gasteiger partial charge in [-0.2, -0.15) is 0 Å². The summed E-state index contributed by atoms with van der Waals surface area (Å²) in [5.41, 5.74) is 9.28. The normalized spacial score (nSPS) is 28.7. The summed E-state index contributed by atoms with van der Waals surface area (Å²) < 4.78 is 27.9. The van der Waals surface area contributed by atoms with Crippen LogP contribution in [0.2, 0.25) is 0 Å². The van der Waals surface area contributed by atoms with Crippen LogP contribution in [0.3, 0.4) is 0 Å². The van der Waals surface area contributed by atoms with Gasteiger partial charge >= 0.3 is 11.9 Å². The Hall–Kier alpha value is -2.65. The zero-order chi connectivity index (χ0) is 20.3. The van der Waals surface area contributed by atoms with Crippen LogP contribution in [0, 0.1) is 0 Å². The Kier molecular flexibility index (Phi) is 5.85. The molecule has 0 bridgehead atoms. The molecule has 0 aromatic heterocycles. The quantitative estimate of drug-likeness (QED) is 0.315. The molecule has 0 aliphatic carbocycles. The molecule has 2 aliphatic rings. The van der Waals surface area contributed by atoms with E-state index < -0.39 is 48.4 Å². The maximum Gasteiger partial charge on any atom is 0.338 e. The van der Waals surface area contributed by atoms with Gasteiger partial charge in [-0.25, -0.2) is 4.79 Å². The minimum Gasteiger partial charge on any atom is -0.462 e. The number of azide groups is 1. The van der Waals surface area contributed by atoms with Gasteiger partial charge in [0.05, 0.1) is 5.56 Å². The zero-order valence-corrected chi connectivity index (χ0v) is 15.7. The molecule has 2 aliphatic heterocycles. The first-order valence-corrected chi connectivity index (χ1v) is 8.75. The molecule has 2 heterocycles. The van der Waals surface area contributed by atoms with Gasteiger partial charge in [0.25, 0.3) is 0 Å². The van der Waals surface area contributed by atoms with Crippen molar-refractivity contribution in [1.82, 2.24) is 0 Å². The third kappa shape index (κ3) is 4.42. The summed E-state index contributed by atoms with van der Waals surface area (Å²) in [6.45, 7) is 4.41. The minimum atomic E-state index is -0.942. The van der Waals surface area contributed by atoms with E-state index in [4.69, 9.17) is 29.2 Å². The van der Waals surface area contributed by atoms with Crippen molar-refractivity contribution in [3.05, 3.63) is 46.3 Å². The van der Waals surface area contributed by atoms with Gasteiger partial charge in [-0.1, -0.05) is 23.3 Å². The number of hydrogen-bond donors (Lipinski definition) is 0. The van der Waals surface area contributed by atoms with Crippen molar-refractivity contribution in [2.24, 2.45) is 5.11 Å². The molecule has 150 valence electrons. The Morgan fingerprint density at radius 1 is 1.29 bits per heavy atom. The number of carbonyl (C=O) groups excluding carboxylic acids is 2. The van der Waals surface area contributed by atoms with Crippen molar-refractivity contribution < 1.29 is 33.3 Å². The standard InChI is InChI=1S/C18H21N3O7/c1-10(22)25-14-13(26-17-15(14)27-18(2,3)28-17)12(20-21-19)9-24-16(23)11-7-5-4-6-8-11/h4-8,12-15,17H,9H2,1-3H3. The Balaban J connectivity index is 1.74. The number of carbonyl (C=O) groups is 2. The number of rotatable bonds is 6. The molecule has 0 radical (unpaired) electrons. The average molecular weight is 391 g/mol. The molecule has 5 atom stereocenters. The van der Waals surface area contributed by atoms with Crippen LogP contribution in [-0.2, 0) is 28.5 Å². The highest BCUT2D eigenvalue weighted by Crippen LogP contribution is 2.40. The Bertz CT molecular complexity index is 779. The summed E-state index contributed by atoms with van der Waals surface area (Å²) in [5.74, 6) is -2.03. The zero-order valence-electron chi connectivity index (χ0n) is 15.7. The summed E-state index contributed by atoms with van der Waals surface area (Å²) in [6, 6.07) is 7.45. The van der Waals surface area contributed by atoms with Gasteiger partial charge in [-0.3, -0.25) is 4.79 Å². The fourth-order valence-electron chi connectivity index (χ4n) is 3.22. The topological polar surface area (TPSA) is 129 Å². The van der Waals surface area contributed by atoms with E-state index in [1.807, 2.05) is 0 Å². The number of nitrogens with zero attached hydrogens (tertiary/aromatic N) is 3. The molecule has 1 aromatic carbocycles. The lowest BCUT2D eigenvalue weighted by molar-refractivity contribution is -0.221. The van der Waals surface area contributed by atoms with E-state index in [1.165, 1.54) is 6.92 Å². The van der Waals surface area contributed by atoms with Crippen molar-refractivity contribution in [3.63, 3.8) is 0 Å². The first-order valence-electron chi connectivity index (χ1n) is 8.75. The summed E-state index contributed by atoms with van der Waals surface area (Å²) in [5, 5.41) is 3.67. The van der Waals surface area contributed by atoms with Crippen molar-refractivity contribution >= 4 is 11.9 Å². The second-order valence-corrected chi connectivity index (χ2v) is 6.88. The lowest BCUT2D eigenvalue weighted by Crippen LogP contribution is -2.44. The summed E-state index contributed by atoms with van der Waals surface area (Å²) in [6.07, 6.45) is -3.26. The highest BCUT2D eigenvalue weighted by molar-refractivity contribution is 5.89. The predicted molar refractivity (Wildman–Crippen MR) is 93.9 cm³/mol. The molecule has 28 heavy (non-hydrogen) atoms. The maximum absolute atomic E-state index is 12.2. The van der Waals surface area contributed by atoms with Gasteiger partial charge in [0, 0.05) is 11.8 Å². The van der Waals surface area contributed by atoms with E-state index >= 15 is 0 Å². The predicted octanol–water partition coefficient (Wildman–Crippen LogP) is 2.33. The van der Waals surface area contributed by atoms with Crippen LogP contribution >= 0.6 is 0 Å². The second kappa shape index (κ2) is 8.15. The van der Waals surface area contributed by atoms with Crippen molar-refractivity contribution in [2.45, 2.75) is 57.2 Å². The van der Waals surface area contributed by atoms with E-state index in [0.29, 0.717) is 5.56 Å². The van der Waals surface area contributed by atoms with Gasteiger partial charge < -0.3 is 23.7 Å². The molecule has 0 amide bonds. The number of fused-ring (bicyclic) bond motifs is 1. The third-order valence-corrected chi connectivity index (χ3v) is 4.30. The molecular weight excluding hydrogens is 370 g/mol. The fraction of sp³-hybridized carbons (Fsp3) is 0.556. The van der Waals surface area contributed by atoms with Crippen LogP contribution in [0.15, 0.2) is 35.4 Å². The van der Waals surface area contributed by atoms with E-state index in [2.05, 4.69) is 10.0 Å². The Morgan fingerprint density at radius 2 is 2.00 bits per heavy atom. The van der Waals surface area contributed by atoms with Crippen LogP contribution in [0.4, 0.5) is 0 Å². The Morgan fingerprint density at radius 3 is 2.64 bits per heavy atom. The highest BCUT2D eigenvalue weighted by Gasteiger charge is 2.58. The van der Waals surface area contributed by atoms with E-state index in [9.17, 15) is 9.59 Å². The monoisotopic (exact) mass is 391 g/mol. The smallest absolute Gasteiger partial charge is 0.338 e. The summed E-state index contributed by atoms with van der Waals surface area (Å²) in [4.78, 5) is 26.5. The van der Waals surface area contributed by atoms with Gasteiger partial charge in [0.15, 0.2) is 24.3 Å². The molecule has 0 spiro atoms. The summed E-state index contributed by atoms with van der Waals surface area (Å²) >= 11 is 0. The van der Waals surface area contributed by atoms with Gasteiger partial charge in [0.2, 0.25) is 0 Å². The first-order chi connectivity index (χ1) is 13.3. The highest BCUT2D eigenvalue weighted by atomic mass is 16.8. The van der Waals surface area contributed by atoms with Crippen molar-refractivity contribution in [3.8, 4) is 0 Å². The SMILES string of the molecule is CC(=O)OC1C(C(COC(=O)c2ccccc2)N=[N+]=[N-])OC2OC(C)(C)OC21. The van der Waals surface area contributed by atoms with Crippen molar-refractivity contribution in [2.75, 3.05) is 6.61 Å². The molecule has 0 N–H and O–H groups in total. The van der Waals surface area contributed by atoms with Crippen LogP contribution in [0.5, 0.6) is 0 Å². The molecule has 10 heteroatoms. The molecule has 2 fully saturated rings. The number of benzene rings is 1. The number of hydrogen-bond acceptors (Lipinski definition) is 8. The van der Waals surface area contributed by atoms with E-state index in [-0.39, 0.29) is 6.61 Å². The number of ether oxygens (including phenoxy) is 5. The first kappa shape index (κ1) is 20.1. The van der Waals surface area contributed by atoms with Crippen LogP contribution < -0.4 is 0 Å². The molecule has 2 saturated heterocycles. The van der Waals surface area contributed by atoms with Crippen LogP contribution in [-0.4, -0.2) is 55.0 Å². The molecule has 3 rings (SSSR count). The van der Waals surface area contributed by atoms with E-state index in [1.54, 1.807) is 44.2 Å². The third-order valence-electron chi connectivity index (χ3n) is 4.30. The maximum atomic E-state index is 12.2. The molecule has 0 saturated carbocycles. The van der Waals surface area contributed by atoms with Crippen LogP contribution in [0.25, 0.3) is 10.4 Å². The molecule has 5 unspecified atom stereocenters. The largest absolute Gasteiger partial charge is 0.462 e. The van der Waals surface area contributed by atoms with Gasteiger partial charge in [-0.15, -0.1) is 0 Å². The molecule has 1 aromatic rings. The van der Waals surface area contributed by atoms with E-state index in [0.717, 1.165) is 0 Å². The van der Waals surface area contributed by atoms with Gasteiger partial charge in [0.1, 0.15) is 18.8 Å².